The van der Waals surface area contributed by atoms with Crippen molar-refractivity contribution in [3.05, 3.63) is 10.9 Å². The van der Waals surface area contributed by atoms with Crippen LogP contribution in [0.3, 0.4) is 0 Å². The lowest BCUT2D eigenvalue weighted by Crippen LogP contribution is -1.78. The average Bonchev–Trinajstić information content (AvgIpc) is 2.59. The normalized spacial score (nSPS) is 10.0. The molecule has 2 heterocycles. The fourth-order valence-corrected chi connectivity index (χ4v) is 1.04. The second-order valence-electron chi connectivity index (χ2n) is 1.57. The minimum Gasteiger partial charge on any atom is -0.237 e. The van der Waals surface area contributed by atoms with Crippen molar-refractivity contribution in [1.82, 2.24) is 25.6 Å². The summed E-state index contributed by atoms with van der Waals surface area (Å²) >= 11 is 1.39. The van der Waals surface area contributed by atoms with E-state index in [0.29, 0.717) is 5.82 Å². The molecule has 0 aromatic carbocycles. The molecule has 0 aliphatic heterocycles. The molecule has 2 rings (SSSR count). The van der Waals surface area contributed by atoms with Crippen molar-refractivity contribution >= 4 is 11.3 Å². The highest BCUT2D eigenvalue weighted by molar-refractivity contribution is 7.07. The van der Waals surface area contributed by atoms with Gasteiger partial charge in [-0.15, -0.1) is 16.4 Å². The molecule has 0 amide bonds. The predicted octanol–water partition coefficient (Wildman–Crippen LogP) is 0.123. The van der Waals surface area contributed by atoms with Gasteiger partial charge in [-0.25, -0.2) is 10.1 Å². The Hall–Kier alpha value is -1.30. The third-order valence-electron chi connectivity index (χ3n) is 0.977. The zero-order chi connectivity index (χ0) is 6.81. The molecule has 0 spiro atoms. The Labute approximate surface area is 60.1 Å². The Morgan fingerprint density at radius 2 is 2.60 bits per heavy atom. The van der Waals surface area contributed by atoms with E-state index < -0.39 is 0 Å². The minimum absolute atomic E-state index is 0.581. The molecule has 6 heteroatoms. The van der Waals surface area contributed by atoms with E-state index >= 15 is 0 Å². The van der Waals surface area contributed by atoms with Gasteiger partial charge >= 0.3 is 0 Å². The monoisotopic (exact) mass is 152 g/mol. The summed E-state index contributed by atoms with van der Waals surface area (Å²) in [5.74, 6) is 0.581. The quantitative estimate of drug-likeness (QED) is 0.630. The van der Waals surface area contributed by atoms with Gasteiger partial charge in [0.2, 0.25) is 0 Å². The number of nitrogens with one attached hydrogen (secondary N) is 1. The van der Waals surface area contributed by atoms with Gasteiger partial charge in [-0.1, -0.05) is 0 Å². The first-order valence-corrected chi connectivity index (χ1v) is 3.40. The topological polar surface area (TPSA) is 67.3 Å². The molecule has 10 heavy (non-hydrogen) atoms. The highest BCUT2D eigenvalue weighted by Crippen LogP contribution is 2.10. The molecule has 49 valence electrons. The Bertz CT molecular complexity index is 253. The van der Waals surface area contributed by atoms with Crippen LogP contribution in [0.4, 0.5) is 0 Å². The first-order chi connectivity index (χ1) is 4.97. The van der Waals surface area contributed by atoms with Crippen molar-refractivity contribution in [2.45, 2.75) is 0 Å². The SMILES string of the molecule is [c]1nc(-c2nnn[nH]2)cs1. The summed E-state index contributed by atoms with van der Waals surface area (Å²) in [6.07, 6.45) is 0. The highest BCUT2D eigenvalue weighted by atomic mass is 32.1. The Morgan fingerprint density at radius 1 is 1.60 bits per heavy atom. The molecule has 2 aromatic heterocycles. The van der Waals surface area contributed by atoms with Crippen LogP contribution in [0.15, 0.2) is 5.38 Å². The summed E-state index contributed by atoms with van der Waals surface area (Å²) in [5.41, 5.74) is 3.43. The predicted molar refractivity (Wildman–Crippen MR) is 34.1 cm³/mol. The van der Waals surface area contributed by atoms with Crippen LogP contribution >= 0.6 is 11.3 Å². The van der Waals surface area contributed by atoms with Crippen molar-refractivity contribution in [2.75, 3.05) is 0 Å². The zero-order valence-electron chi connectivity index (χ0n) is 4.77. The summed E-state index contributed by atoms with van der Waals surface area (Å²) in [7, 11) is 0. The lowest BCUT2D eigenvalue weighted by atomic mass is 10.5. The summed E-state index contributed by atoms with van der Waals surface area (Å²) in [6, 6.07) is 0. The summed E-state index contributed by atoms with van der Waals surface area (Å²) in [5, 5.41) is 14.9. The summed E-state index contributed by atoms with van der Waals surface area (Å²) < 4.78 is 0. The summed E-state index contributed by atoms with van der Waals surface area (Å²) in [6.45, 7) is 0. The standard InChI is InChI=1S/C4H2N5S/c1-3(5-2-10-1)4-6-8-9-7-4/h1H,(H,6,7,8,9). The molecule has 0 saturated carbocycles. The van der Waals surface area contributed by atoms with Gasteiger partial charge in [0.25, 0.3) is 0 Å². The van der Waals surface area contributed by atoms with Crippen LogP contribution in [-0.2, 0) is 0 Å². The van der Waals surface area contributed by atoms with E-state index in [-0.39, 0.29) is 0 Å². The average molecular weight is 152 g/mol. The molecule has 0 unspecified atom stereocenters. The fourth-order valence-electron chi connectivity index (χ4n) is 0.560. The smallest absolute Gasteiger partial charge is 0.198 e. The molecule has 0 aliphatic carbocycles. The van der Waals surface area contributed by atoms with Crippen LogP contribution in [-0.4, -0.2) is 25.6 Å². The van der Waals surface area contributed by atoms with Crippen LogP contribution < -0.4 is 0 Å². The van der Waals surface area contributed by atoms with Gasteiger partial charge in [0.1, 0.15) is 5.69 Å². The molecule has 0 fully saturated rings. The number of hydrogen-bond donors (Lipinski definition) is 1. The highest BCUT2D eigenvalue weighted by Gasteiger charge is 2.01. The number of hydrogen-bond acceptors (Lipinski definition) is 5. The molecule has 0 saturated heterocycles. The second kappa shape index (κ2) is 2.14. The molecule has 0 aliphatic rings. The van der Waals surface area contributed by atoms with E-state index in [0.717, 1.165) is 5.69 Å². The Morgan fingerprint density at radius 3 is 3.20 bits per heavy atom. The van der Waals surface area contributed by atoms with Crippen molar-refractivity contribution in [1.29, 1.82) is 0 Å². The molecule has 1 radical (unpaired) electrons. The van der Waals surface area contributed by atoms with Gasteiger partial charge in [-0.2, -0.15) is 0 Å². The van der Waals surface area contributed by atoms with Crippen molar-refractivity contribution < 1.29 is 0 Å². The number of thiazole rings is 1. The van der Waals surface area contributed by atoms with Gasteiger partial charge in [-0.3, -0.25) is 0 Å². The van der Waals surface area contributed by atoms with Crippen LogP contribution in [0.1, 0.15) is 0 Å². The van der Waals surface area contributed by atoms with Crippen LogP contribution in [0.2, 0.25) is 0 Å². The van der Waals surface area contributed by atoms with E-state index in [1.165, 1.54) is 11.3 Å². The van der Waals surface area contributed by atoms with Crippen LogP contribution in [0.5, 0.6) is 0 Å². The van der Waals surface area contributed by atoms with E-state index in [1.54, 1.807) is 0 Å². The number of H-pyrrole nitrogens is 1. The van der Waals surface area contributed by atoms with Gasteiger partial charge in [0.05, 0.1) is 0 Å². The fraction of sp³-hybridized carbons (Fsp3) is 0. The number of aromatic nitrogens is 5. The van der Waals surface area contributed by atoms with Crippen LogP contribution in [0.25, 0.3) is 11.5 Å². The number of nitrogens with zero attached hydrogens (tertiary/aromatic N) is 4. The lowest BCUT2D eigenvalue weighted by Gasteiger charge is -1.80. The molecule has 5 nitrogen and oxygen atoms in total. The lowest BCUT2D eigenvalue weighted by molar-refractivity contribution is 0.881. The molecule has 0 bridgehead atoms. The molecule has 1 N–H and O–H groups in total. The third-order valence-corrected chi connectivity index (χ3v) is 1.52. The van der Waals surface area contributed by atoms with E-state index in [1.807, 2.05) is 5.38 Å². The van der Waals surface area contributed by atoms with Gasteiger partial charge in [0, 0.05) is 5.38 Å². The largest absolute Gasteiger partial charge is 0.237 e. The molecule has 2 aromatic rings. The maximum absolute atomic E-state index is 3.88. The van der Waals surface area contributed by atoms with Crippen molar-refractivity contribution in [3.8, 4) is 11.5 Å². The zero-order valence-corrected chi connectivity index (χ0v) is 5.59. The summed E-state index contributed by atoms with van der Waals surface area (Å²) in [4.78, 5) is 3.88. The van der Waals surface area contributed by atoms with E-state index in [4.69, 9.17) is 0 Å². The van der Waals surface area contributed by atoms with Crippen molar-refractivity contribution in [2.24, 2.45) is 0 Å². The first kappa shape index (κ1) is 5.48. The first-order valence-electron chi connectivity index (χ1n) is 2.52. The number of aromatic amines is 1. The Kier molecular flexibility index (Phi) is 1.17. The maximum atomic E-state index is 3.88. The Balaban J connectivity index is 2.48. The molecule has 0 atom stereocenters. The third kappa shape index (κ3) is 0.781. The minimum atomic E-state index is 0.581. The second-order valence-corrected chi connectivity index (χ2v) is 2.23. The van der Waals surface area contributed by atoms with Gasteiger partial charge in [0.15, 0.2) is 11.3 Å². The number of rotatable bonds is 1. The maximum Gasteiger partial charge on any atom is 0.198 e. The van der Waals surface area contributed by atoms with E-state index in [2.05, 4.69) is 31.1 Å². The molecular weight excluding hydrogens is 150 g/mol. The number of tetrazole rings is 1. The van der Waals surface area contributed by atoms with Crippen LogP contribution in [0, 0.1) is 5.51 Å². The molecular formula is C4H2N5S. The van der Waals surface area contributed by atoms with Gasteiger partial charge < -0.3 is 0 Å². The van der Waals surface area contributed by atoms with Gasteiger partial charge in [-0.05, 0) is 10.4 Å². The van der Waals surface area contributed by atoms with Crippen molar-refractivity contribution in [3.63, 3.8) is 0 Å². The van der Waals surface area contributed by atoms with E-state index in [9.17, 15) is 0 Å².